The van der Waals surface area contributed by atoms with Crippen LogP contribution < -0.4 is 37.9 Å². The standard InChI is InChI=1S/C29H24O10/c1-32-19-7-5-14(26(34-3)29(19)35-4)9-20-25(31)16-6-8-18-24(27(16)39-20)17(12-23(30)38-18)15-10-21(33-2)28-22(11-15)36-13-37-28/h5-11,17H,12-13H2,1-4H3/b20-9-/t17-/m0/s1. The number of hydrogen-bond donors (Lipinski definition) is 0. The maximum atomic E-state index is 13.5. The summed E-state index contributed by atoms with van der Waals surface area (Å²) in [5.74, 6) is 2.28. The second-order valence-corrected chi connectivity index (χ2v) is 8.91. The van der Waals surface area contributed by atoms with Crippen LogP contribution in [0, 0.1) is 0 Å². The lowest BCUT2D eigenvalue weighted by molar-refractivity contribution is -0.135. The molecule has 200 valence electrons. The molecule has 0 aliphatic carbocycles. The molecule has 0 spiro atoms. The number of Topliss-reactive ketones (excluding diaryl/α,β-unsaturated/α-hetero) is 1. The van der Waals surface area contributed by atoms with Gasteiger partial charge in [-0.15, -0.1) is 0 Å². The minimum atomic E-state index is -0.484. The first-order chi connectivity index (χ1) is 19.0. The van der Waals surface area contributed by atoms with E-state index >= 15 is 0 Å². The van der Waals surface area contributed by atoms with Crippen molar-refractivity contribution in [3.8, 4) is 46.0 Å². The first-order valence-electron chi connectivity index (χ1n) is 12.1. The Morgan fingerprint density at radius 2 is 1.59 bits per heavy atom. The van der Waals surface area contributed by atoms with Crippen molar-refractivity contribution in [1.29, 1.82) is 0 Å². The molecule has 3 aromatic rings. The summed E-state index contributed by atoms with van der Waals surface area (Å²) in [5.41, 5.74) is 2.24. The Labute approximate surface area is 223 Å². The summed E-state index contributed by atoms with van der Waals surface area (Å²) >= 11 is 0. The van der Waals surface area contributed by atoms with Crippen LogP contribution in [-0.2, 0) is 4.79 Å². The molecule has 0 radical (unpaired) electrons. The number of carbonyl (C=O) groups is 2. The van der Waals surface area contributed by atoms with E-state index < -0.39 is 11.9 Å². The number of esters is 1. The molecule has 0 saturated heterocycles. The summed E-state index contributed by atoms with van der Waals surface area (Å²) in [4.78, 5) is 26.1. The highest BCUT2D eigenvalue weighted by Gasteiger charge is 2.39. The van der Waals surface area contributed by atoms with Crippen molar-refractivity contribution in [3.05, 3.63) is 64.4 Å². The highest BCUT2D eigenvalue weighted by Crippen LogP contribution is 2.52. The number of benzene rings is 3. The van der Waals surface area contributed by atoms with Gasteiger partial charge in [0.05, 0.1) is 40.4 Å². The van der Waals surface area contributed by atoms with Gasteiger partial charge in [-0.1, -0.05) is 0 Å². The van der Waals surface area contributed by atoms with E-state index in [0.29, 0.717) is 62.7 Å². The van der Waals surface area contributed by atoms with E-state index in [1.54, 1.807) is 42.5 Å². The van der Waals surface area contributed by atoms with E-state index in [1.807, 2.05) is 0 Å². The Morgan fingerprint density at radius 3 is 2.33 bits per heavy atom. The summed E-state index contributed by atoms with van der Waals surface area (Å²) in [6.07, 6.45) is 1.62. The number of methoxy groups -OCH3 is 4. The van der Waals surface area contributed by atoms with Crippen LogP contribution >= 0.6 is 0 Å². The molecular weight excluding hydrogens is 508 g/mol. The summed E-state index contributed by atoms with van der Waals surface area (Å²) in [6.45, 7) is 0.0687. The lowest BCUT2D eigenvalue weighted by Crippen LogP contribution is -2.21. The predicted octanol–water partition coefficient (Wildman–Crippen LogP) is 4.51. The van der Waals surface area contributed by atoms with Gasteiger partial charge < -0.3 is 37.9 Å². The Balaban J connectivity index is 1.45. The largest absolute Gasteiger partial charge is 0.493 e. The zero-order valence-electron chi connectivity index (χ0n) is 21.6. The first-order valence-corrected chi connectivity index (χ1v) is 12.1. The molecule has 0 N–H and O–H groups in total. The molecule has 10 nitrogen and oxygen atoms in total. The fraction of sp³-hybridized carbons (Fsp3) is 0.241. The van der Waals surface area contributed by atoms with E-state index in [9.17, 15) is 9.59 Å². The molecule has 3 heterocycles. The molecule has 0 saturated carbocycles. The zero-order chi connectivity index (χ0) is 27.3. The van der Waals surface area contributed by atoms with Gasteiger partial charge in [0.25, 0.3) is 0 Å². The lowest BCUT2D eigenvalue weighted by Gasteiger charge is -2.26. The molecule has 39 heavy (non-hydrogen) atoms. The van der Waals surface area contributed by atoms with Gasteiger partial charge in [-0.05, 0) is 48.0 Å². The summed E-state index contributed by atoms with van der Waals surface area (Å²) < 4.78 is 44.7. The van der Waals surface area contributed by atoms with Crippen molar-refractivity contribution < 1.29 is 47.5 Å². The van der Waals surface area contributed by atoms with Gasteiger partial charge in [-0.3, -0.25) is 9.59 Å². The lowest BCUT2D eigenvalue weighted by atomic mass is 9.84. The van der Waals surface area contributed by atoms with Crippen molar-refractivity contribution in [2.75, 3.05) is 35.2 Å². The molecule has 1 atom stereocenters. The molecule has 6 rings (SSSR count). The van der Waals surface area contributed by atoms with E-state index in [0.717, 1.165) is 5.56 Å². The van der Waals surface area contributed by atoms with E-state index in [2.05, 4.69) is 0 Å². The van der Waals surface area contributed by atoms with E-state index in [4.69, 9.17) is 37.9 Å². The summed E-state index contributed by atoms with van der Waals surface area (Å²) in [7, 11) is 6.06. The molecule has 3 aromatic carbocycles. The molecule has 0 amide bonds. The van der Waals surface area contributed by atoms with Crippen molar-refractivity contribution in [1.82, 2.24) is 0 Å². The maximum Gasteiger partial charge on any atom is 0.312 e. The first kappa shape index (κ1) is 24.5. The second kappa shape index (κ2) is 9.46. The van der Waals surface area contributed by atoms with Crippen LogP contribution in [0.4, 0.5) is 0 Å². The quantitative estimate of drug-likeness (QED) is 0.256. The summed E-state index contributed by atoms with van der Waals surface area (Å²) in [5, 5.41) is 0. The number of hydrogen-bond acceptors (Lipinski definition) is 10. The topological polar surface area (TPSA) is 108 Å². The van der Waals surface area contributed by atoms with Gasteiger partial charge in [0.2, 0.25) is 24.1 Å². The van der Waals surface area contributed by atoms with Crippen LogP contribution in [0.3, 0.4) is 0 Å². The summed E-state index contributed by atoms with van der Waals surface area (Å²) in [6, 6.07) is 10.3. The smallest absolute Gasteiger partial charge is 0.312 e. The monoisotopic (exact) mass is 532 g/mol. The van der Waals surface area contributed by atoms with Gasteiger partial charge in [-0.25, -0.2) is 0 Å². The number of allylic oxidation sites excluding steroid dienone is 1. The number of carbonyl (C=O) groups excluding carboxylic acids is 2. The Morgan fingerprint density at radius 1 is 0.795 bits per heavy atom. The number of ether oxygens (including phenoxy) is 8. The van der Waals surface area contributed by atoms with Gasteiger partial charge >= 0.3 is 5.97 Å². The normalized spacial score (nSPS) is 17.7. The molecule has 3 aliphatic rings. The Bertz CT molecular complexity index is 1550. The van der Waals surface area contributed by atoms with Crippen LogP contribution in [0.15, 0.2) is 42.2 Å². The Kier molecular flexibility index (Phi) is 5.94. The third-order valence-corrected chi connectivity index (χ3v) is 6.88. The van der Waals surface area contributed by atoms with Crippen molar-refractivity contribution in [2.45, 2.75) is 12.3 Å². The molecule has 0 bridgehead atoms. The fourth-order valence-corrected chi connectivity index (χ4v) is 5.12. The van der Waals surface area contributed by atoms with Gasteiger partial charge in [0, 0.05) is 17.0 Å². The average molecular weight is 533 g/mol. The third kappa shape index (κ3) is 3.87. The van der Waals surface area contributed by atoms with Gasteiger partial charge in [0.1, 0.15) is 11.5 Å². The van der Waals surface area contributed by atoms with Crippen LogP contribution in [0.2, 0.25) is 0 Å². The SMILES string of the molecule is COc1cc([C@@H]2CC(=O)Oc3ccc4c(c32)O/C(=C\c2ccc(OC)c(OC)c2OC)C4=O)cc2c1OCO2. The fourth-order valence-electron chi connectivity index (χ4n) is 5.12. The van der Waals surface area contributed by atoms with Crippen LogP contribution in [0.25, 0.3) is 6.08 Å². The predicted molar refractivity (Wildman–Crippen MR) is 137 cm³/mol. The molecular formula is C29H24O10. The van der Waals surface area contributed by atoms with Crippen LogP contribution in [-0.4, -0.2) is 47.0 Å². The van der Waals surface area contributed by atoms with E-state index in [1.165, 1.54) is 28.4 Å². The highest BCUT2D eigenvalue weighted by molar-refractivity contribution is 6.15. The zero-order valence-corrected chi connectivity index (χ0v) is 21.6. The van der Waals surface area contributed by atoms with Crippen molar-refractivity contribution in [3.63, 3.8) is 0 Å². The molecule has 0 fully saturated rings. The number of rotatable bonds is 6. The molecule has 10 heteroatoms. The van der Waals surface area contributed by atoms with Crippen LogP contribution in [0.5, 0.6) is 46.0 Å². The van der Waals surface area contributed by atoms with Crippen LogP contribution in [0.1, 0.15) is 39.4 Å². The van der Waals surface area contributed by atoms with E-state index in [-0.39, 0.29) is 24.8 Å². The highest BCUT2D eigenvalue weighted by atomic mass is 16.7. The second-order valence-electron chi connectivity index (χ2n) is 8.91. The van der Waals surface area contributed by atoms with Crippen molar-refractivity contribution >= 4 is 17.8 Å². The minimum Gasteiger partial charge on any atom is -0.493 e. The maximum absolute atomic E-state index is 13.5. The molecule has 0 unspecified atom stereocenters. The molecule has 3 aliphatic heterocycles. The Hall–Kier alpha value is -4.86. The minimum absolute atomic E-state index is 0.0341. The third-order valence-electron chi connectivity index (χ3n) is 6.88. The van der Waals surface area contributed by atoms with Crippen molar-refractivity contribution in [2.24, 2.45) is 0 Å². The van der Waals surface area contributed by atoms with Gasteiger partial charge in [0.15, 0.2) is 28.8 Å². The average Bonchev–Trinajstić information content (AvgIpc) is 3.55. The number of fused-ring (bicyclic) bond motifs is 4. The molecule has 0 aromatic heterocycles. The number of ketones is 1. The van der Waals surface area contributed by atoms with Gasteiger partial charge in [-0.2, -0.15) is 0 Å².